The molecule has 5 heteroatoms. The Kier molecular flexibility index (Phi) is 4.78. The molecule has 0 aliphatic rings. The molecule has 0 aliphatic carbocycles. The zero-order valence-corrected chi connectivity index (χ0v) is 10.1. The minimum Gasteiger partial charge on any atom is -0.353 e. The van der Waals surface area contributed by atoms with Crippen LogP contribution in [0.4, 0.5) is 5.95 Å². The highest BCUT2D eigenvalue weighted by Gasteiger charge is 2.02. The van der Waals surface area contributed by atoms with Crippen molar-refractivity contribution < 1.29 is 0 Å². The van der Waals surface area contributed by atoms with Crippen molar-refractivity contribution in [2.45, 2.75) is 19.9 Å². The lowest BCUT2D eigenvalue weighted by Crippen LogP contribution is -2.31. The lowest BCUT2D eigenvalue weighted by Gasteiger charge is -2.20. The molecule has 1 rings (SSSR count). The van der Waals surface area contributed by atoms with Crippen molar-refractivity contribution in [3.63, 3.8) is 0 Å². The van der Waals surface area contributed by atoms with Gasteiger partial charge in [-0.3, -0.25) is 0 Å². The number of nitrogens with zero attached hydrogens (tertiary/aromatic N) is 3. The Labute approximate surface area is 95.7 Å². The van der Waals surface area contributed by atoms with Gasteiger partial charge in [0.25, 0.3) is 0 Å². The minimum atomic E-state index is 0.554. The molecule has 1 aromatic rings. The maximum absolute atomic E-state index is 5.68. The smallest absolute Gasteiger partial charge is 0.222 e. The summed E-state index contributed by atoms with van der Waals surface area (Å²) in [5.74, 6) is 0.622. The summed E-state index contributed by atoms with van der Waals surface area (Å²) in [7, 11) is 2.09. The average Bonchev–Trinajstić information content (AvgIpc) is 2.20. The zero-order chi connectivity index (χ0) is 11.3. The van der Waals surface area contributed by atoms with E-state index in [9.17, 15) is 0 Å². The standard InChI is InChI=1S/C10H17ClN4/c1-8(2)15(3)5-4-12-10-13-6-9(11)7-14-10/h6-8H,4-5H2,1-3H3,(H,12,13,14). The first-order chi connectivity index (χ1) is 7.09. The largest absolute Gasteiger partial charge is 0.353 e. The number of halogens is 1. The van der Waals surface area contributed by atoms with E-state index in [-0.39, 0.29) is 0 Å². The number of nitrogens with one attached hydrogen (secondary N) is 1. The Balaban J connectivity index is 2.29. The zero-order valence-electron chi connectivity index (χ0n) is 9.37. The topological polar surface area (TPSA) is 41.0 Å². The first kappa shape index (κ1) is 12.2. The summed E-state index contributed by atoms with van der Waals surface area (Å²) in [4.78, 5) is 10.3. The van der Waals surface area contributed by atoms with Crippen molar-refractivity contribution >= 4 is 17.5 Å². The van der Waals surface area contributed by atoms with E-state index in [0.29, 0.717) is 17.0 Å². The van der Waals surface area contributed by atoms with Gasteiger partial charge in [0.1, 0.15) is 0 Å². The molecular weight excluding hydrogens is 212 g/mol. The van der Waals surface area contributed by atoms with Crippen molar-refractivity contribution in [3.8, 4) is 0 Å². The molecule has 0 atom stereocenters. The van der Waals surface area contributed by atoms with Crippen LogP contribution in [0, 0.1) is 0 Å². The van der Waals surface area contributed by atoms with Gasteiger partial charge in [0.2, 0.25) is 5.95 Å². The van der Waals surface area contributed by atoms with Gasteiger partial charge in [-0.2, -0.15) is 0 Å². The lowest BCUT2D eigenvalue weighted by atomic mass is 10.3. The summed E-state index contributed by atoms with van der Waals surface area (Å²) in [6.07, 6.45) is 3.17. The fraction of sp³-hybridized carbons (Fsp3) is 0.600. The van der Waals surface area contributed by atoms with Gasteiger partial charge in [0.05, 0.1) is 17.4 Å². The monoisotopic (exact) mass is 228 g/mol. The first-order valence-corrected chi connectivity index (χ1v) is 5.39. The maximum Gasteiger partial charge on any atom is 0.222 e. The van der Waals surface area contributed by atoms with Gasteiger partial charge in [0.15, 0.2) is 0 Å². The molecule has 15 heavy (non-hydrogen) atoms. The summed E-state index contributed by atoms with van der Waals surface area (Å²) in [6.45, 7) is 6.12. The van der Waals surface area contributed by atoms with Gasteiger partial charge in [0, 0.05) is 19.1 Å². The summed E-state index contributed by atoms with van der Waals surface area (Å²) in [5.41, 5.74) is 0. The van der Waals surface area contributed by atoms with Gasteiger partial charge in [-0.05, 0) is 20.9 Å². The van der Waals surface area contributed by atoms with Crippen LogP contribution in [0.25, 0.3) is 0 Å². The van der Waals surface area contributed by atoms with Crippen LogP contribution in [0.1, 0.15) is 13.8 Å². The number of anilines is 1. The number of aromatic nitrogens is 2. The van der Waals surface area contributed by atoms with Crippen LogP contribution in [-0.4, -0.2) is 41.0 Å². The van der Waals surface area contributed by atoms with Crippen LogP contribution in [0.3, 0.4) is 0 Å². The molecule has 0 bridgehead atoms. The second kappa shape index (κ2) is 5.88. The van der Waals surface area contributed by atoms with E-state index in [1.165, 1.54) is 0 Å². The predicted octanol–water partition coefficient (Wildman–Crippen LogP) is 1.88. The molecule has 0 amide bonds. The average molecular weight is 229 g/mol. The molecule has 1 N–H and O–H groups in total. The van der Waals surface area contributed by atoms with Crippen LogP contribution in [0.2, 0.25) is 5.02 Å². The van der Waals surface area contributed by atoms with Gasteiger partial charge in [-0.15, -0.1) is 0 Å². The summed E-state index contributed by atoms with van der Waals surface area (Å²) >= 11 is 5.68. The molecule has 4 nitrogen and oxygen atoms in total. The molecule has 1 heterocycles. The molecule has 0 aliphatic heterocycles. The summed E-state index contributed by atoms with van der Waals surface area (Å²) < 4.78 is 0. The first-order valence-electron chi connectivity index (χ1n) is 5.01. The molecule has 0 aromatic carbocycles. The van der Waals surface area contributed by atoms with Crippen LogP contribution < -0.4 is 5.32 Å². The quantitative estimate of drug-likeness (QED) is 0.836. The van der Waals surface area contributed by atoms with Gasteiger partial charge in [-0.25, -0.2) is 9.97 Å². The van der Waals surface area contributed by atoms with Crippen molar-refractivity contribution in [2.75, 3.05) is 25.5 Å². The Morgan fingerprint density at radius 2 is 2.00 bits per heavy atom. The van der Waals surface area contributed by atoms with E-state index in [1.807, 2.05) is 0 Å². The molecular formula is C10H17ClN4. The third-order valence-electron chi connectivity index (χ3n) is 2.25. The number of rotatable bonds is 5. The normalized spacial score (nSPS) is 11.1. The van der Waals surface area contributed by atoms with E-state index < -0.39 is 0 Å². The van der Waals surface area contributed by atoms with Crippen LogP contribution >= 0.6 is 11.6 Å². The van der Waals surface area contributed by atoms with Crippen LogP contribution in [0.15, 0.2) is 12.4 Å². The molecule has 0 saturated heterocycles. The molecule has 84 valence electrons. The maximum atomic E-state index is 5.68. The van der Waals surface area contributed by atoms with Gasteiger partial charge in [-0.1, -0.05) is 11.6 Å². The molecule has 0 fully saturated rings. The highest BCUT2D eigenvalue weighted by molar-refractivity contribution is 6.30. The fourth-order valence-electron chi connectivity index (χ4n) is 1.01. The van der Waals surface area contributed by atoms with Crippen molar-refractivity contribution in [1.29, 1.82) is 0 Å². The summed E-state index contributed by atoms with van der Waals surface area (Å²) in [6, 6.07) is 0.554. The van der Waals surface area contributed by atoms with Crippen molar-refractivity contribution in [1.82, 2.24) is 14.9 Å². The predicted molar refractivity (Wildman–Crippen MR) is 63.3 cm³/mol. The van der Waals surface area contributed by atoms with E-state index in [4.69, 9.17) is 11.6 Å². The van der Waals surface area contributed by atoms with E-state index in [1.54, 1.807) is 12.4 Å². The van der Waals surface area contributed by atoms with E-state index in [2.05, 4.69) is 41.1 Å². The third kappa shape index (κ3) is 4.44. The van der Waals surface area contributed by atoms with Crippen LogP contribution in [0.5, 0.6) is 0 Å². The number of hydrogen-bond acceptors (Lipinski definition) is 4. The summed E-state index contributed by atoms with van der Waals surface area (Å²) in [5, 5.41) is 3.69. The Morgan fingerprint density at radius 1 is 1.40 bits per heavy atom. The minimum absolute atomic E-state index is 0.554. The van der Waals surface area contributed by atoms with Crippen molar-refractivity contribution in [2.24, 2.45) is 0 Å². The fourth-order valence-corrected chi connectivity index (χ4v) is 1.10. The Bertz CT molecular complexity index is 286. The molecule has 0 saturated carbocycles. The number of likely N-dealkylation sites (N-methyl/N-ethyl adjacent to an activating group) is 1. The second-order valence-electron chi connectivity index (χ2n) is 3.73. The van der Waals surface area contributed by atoms with E-state index in [0.717, 1.165) is 13.1 Å². The highest BCUT2D eigenvalue weighted by atomic mass is 35.5. The van der Waals surface area contributed by atoms with Gasteiger partial charge < -0.3 is 10.2 Å². The van der Waals surface area contributed by atoms with E-state index >= 15 is 0 Å². The highest BCUT2D eigenvalue weighted by Crippen LogP contribution is 2.05. The Morgan fingerprint density at radius 3 is 2.53 bits per heavy atom. The Hall–Kier alpha value is -0.870. The SMILES string of the molecule is CC(C)N(C)CCNc1ncc(Cl)cn1. The molecule has 0 spiro atoms. The molecule has 0 unspecified atom stereocenters. The van der Waals surface area contributed by atoms with Gasteiger partial charge >= 0.3 is 0 Å². The lowest BCUT2D eigenvalue weighted by molar-refractivity contribution is 0.284. The van der Waals surface area contributed by atoms with Crippen molar-refractivity contribution in [3.05, 3.63) is 17.4 Å². The number of hydrogen-bond donors (Lipinski definition) is 1. The molecule has 1 aromatic heterocycles. The molecule has 0 radical (unpaired) electrons. The third-order valence-corrected chi connectivity index (χ3v) is 2.44. The van der Waals surface area contributed by atoms with Crippen LogP contribution in [-0.2, 0) is 0 Å². The second-order valence-corrected chi connectivity index (χ2v) is 4.16.